The van der Waals surface area contributed by atoms with Crippen LogP contribution in [0.2, 0.25) is 0 Å². The Morgan fingerprint density at radius 1 is 1.10 bits per heavy atom. The summed E-state index contributed by atoms with van der Waals surface area (Å²) in [5.74, 6) is -2.17. The molecule has 5 rings (SSSR count). The molecule has 0 saturated heterocycles. The van der Waals surface area contributed by atoms with Gasteiger partial charge in [-0.1, -0.05) is 36.5 Å². The number of aliphatic carboxylic acids is 1. The van der Waals surface area contributed by atoms with Gasteiger partial charge in [0.25, 0.3) is 0 Å². The number of benzene rings is 1. The molecule has 0 aliphatic heterocycles. The van der Waals surface area contributed by atoms with Crippen molar-refractivity contribution in [1.82, 2.24) is 0 Å². The van der Waals surface area contributed by atoms with Crippen molar-refractivity contribution >= 4 is 11.8 Å². The molecule has 0 unspecified atom stereocenters. The largest absolute Gasteiger partial charge is 0.480 e. The molecule has 4 aliphatic carbocycles. The van der Waals surface area contributed by atoms with Crippen LogP contribution in [-0.2, 0) is 14.3 Å². The zero-order valence-corrected chi connectivity index (χ0v) is 22.5. The van der Waals surface area contributed by atoms with Crippen molar-refractivity contribution in [2.45, 2.75) is 75.5 Å². The van der Waals surface area contributed by atoms with Gasteiger partial charge in [-0.2, -0.15) is 22.0 Å². The van der Waals surface area contributed by atoms with Crippen molar-refractivity contribution in [2.75, 3.05) is 13.2 Å². The van der Waals surface area contributed by atoms with Crippen LogP contribution in [0.3, 0.4) is 0 Å². The second-order valence-electron chi connectivity index (χ2n) is 11.8. The Kier molecular flexibility index (Phi) is 7.44. The van der Waals surface area contributed by atoms with E-state index >= 15 is 8.78 Å². The second-order valence-corrected chi connectivity index (χ2v) is 11.8. The third-order valence-corrected chi connectivity index (χ3v) is 9.71. The number of fused-ring (bicyclic) bond motifs is 4. The van der Waals surface area contributed by atoms with Gasteiger partial charge in [-0.15, -0.1) is 0 Å². The Morgan fingerprint density at radius 2 is 1.80 bits per heavy atom. The molecule has 0 radical (unpaired) electrons. The number of hydrogen-bond acceptors (Lipinski definition) is 4. The number of halogens is 5. The third-order valence-electron chi connectivity index (χ3n) is 9.71. The van der Waals surface area contributed by atoms with E-state index in [0.717, 1.165) is 16.7 Å². The number of carboxylic acid groups (broad SMARTS) is 1. The molecule has 10 heteroatoms. The molecule has 1 aromatic carbocycles. The number of ether oxygens (including phenoxy) is 1. The van der Waals surface area contributed by atoms with Crippen molar-refractivity contribution in [3.8, 4) is 11.8 Å². The van der Waals surface area contributed by atoms with Crippen LogP contribution in [0.1, 0.15) is 68.9 Å². The maximum absolute atomic E-state index is 15.1. The maximum Gasteiger partial charge on any atom is 0.456 e. The van der Waals surface area contributed by atoms with Crippen LogP contribution in [0.15, 0.2) is 47.1 Å². The molecule has 2 fully saturated rings. The lowest BCUT2D eigenvalue weighted by atomic mass is 9.50. The Hall–Kier alpha value is -3.03. The fourth-order valence-corrected chi connectivity index (χ4v) is 7.84. The van der Waals surface area contributed by atoms with Crippen molar-refractivity contribution in [2.24, 2.45) is 17.3 Å². The van der Waals surface area contributed by atoms with Gasteiger partial charge in [0.1, 0.15) is 18.8 Å². The number of rotatable bonds is 5. The summed E-state index contributed by atoms with van der Waals surface area (Å²) in [6, 6.07) is 6.96. The van der Waals surface area contributed by atoms with E-state index in [1.54, 1.807) is 30.3 Å². The molecule has 0 heterocycles. The Labute approximate surface area is 234 Å². The molecule has 0 bridgehead atoms. The van der Waals surface area contributed by atoms with E-state index in [4.69, 9.17) is 9.84 Å². The monoisotopic (exact) mass is 578 g/mol. The molecule has 4 aliphatic rings. The van der Waals surface area contributed by atoms with Crippen molar-refractivity contribution < 1.29 is 46.5 Å². The minimum Gasteiger partial charge on any atom is -0.480 e. The fraction of sp³-hybridized carbons (Fsp3) is 0.548. The quantitative estimate of drug-likeness (QED) is 0.256. The van der Waals surface area contributed by atoms with Gasteiger partial charge in [0.05, 0.1) is 0 Å². The summed E-state index contributed by atoms with van der Waals surface area (Å²) in [5.41, 5.74) is -0.737. The fourth-order valence-electron chi connectivity index (χ4n) is 7.84. The molecule has 2 N–H and O–H groups in total. The molecule has 2 saturated carbocycles. The predicted octanol–water partition coefficient (Wildman–Crippen LogP) is 5.97. The van der Waals surface area contributed by atoms with Crippen LogP contribution in [-0.4, -0.2) is 52.9 Å². The van der Waals surface area contributed by atoms with E-state index in [1.807, 2.05) is 0 Å². The third kappa shape index (κ3) is 4.81. The number of ketones is 1. The number of alkyl halides is 5. The first-order valence-corrected chi connectivity index (χ1v) is 13.7. The second kappa shape index (κ2) is 10.4. The van der Waals surface area contributed by atoms with Gasteiger partial charge in [-0.3, -0.25) is 4.79 Å². The molecular weight excluding hydrogens is 547 g/mol. The highest BCUT2D eigenvalue weighted by molar-refractivity contribution is 5.93. The number of carboxylic acids is 1. The van der Waals surface area contributed by atoms with Gasteiger partial charge in [0.2, 0.25) is 0 Å². The lowest BCUT2D eigenvalue weighted by molar-refractivity contribution is -0.362. The summed E-state index contributed by atoms with van der Waals surface area (Å²) in [6.45, 7) is 0.828. The van der Waals surface area contributed by atoms with Crippen LogP contribution in [0, 0.1) is 29.1 Å². The van der Waals surface area contributed by atoms with Crippen LogP contribution >= 0.6 is 0 Å². The summed E-state index contributed by atoms with van der Waals surface area (Å²) in [4.78, 5) is 22.7. The minimum atomic E-state index is -5.89. The van der Waals surface area contributed by atoms with E-state index in [2.05, 4.69) is 11.8 Å². The average molecular weight is 579 g/mol. The van der Waals surface area contributed by atoms with Gasteiger partial charge in [0.15, 0.2) is 5.78 Å². The van der Waals surface area contributed by atoms with E-state index in [-0.39, 0.29) is 31.1 Å². The number of hydrogen-bond donors (Lipinski definition) is 2. The first-order chi connectivity index (χ1) is 19.2. The summed E-state index contributed by atoms with van der Waals surface area (Å²) >= 11 is 0. The van der Waals surface area contributed by atoms with E-state index in [1.165, 1.54) is 6.92 Å². The number of allylic oxidation sites excluding steroid dienone is 4. The SMILES string of the molecule is C[C@]12C[C@H](c3ccc(C#CCOCC(=O)O)cc3)C3=C4CCC(=O)C=C4CC[C@H]3[C@@H]1CC[C@@]2(O)C(F)(F)C(F)(F)F. The van der Waals surface area contributed by atoms with Crippen LogP contribution < -0.4 is 0 Å². The Bertz CT molecular complexity index is 1370. The van der Waals surface area contributed by atoms with Crippen LogP contribution in [0.5, 0.6) is 0 Å². The molecule has 0 spiro atoms. The highest BCUT2D eigenvalue weighted by atomic mass is 19.4. The summed E-state index contributed by atoms with van der Waals surface area (Å²) in [5, 5.41) is 20.0. The van der Waals surface area contributed by atoms with Gasteiger partial charge in [0, 0.05) is 23.3 Å². The Morgan fingerprint density at radius 3 is 2.46 bits per heavy atom. The van der Waals surface area contributed by atoms with Gasteiger partial charge >= 0.3 is 18.1 Å². The number of aliphatic hydroxyl groups is 1. The summed E-state index contributed by atoms with van der Waals surface area (Å²) in [6.07, 6.45) is -3.06. The molecular formula is C31H31F5O5. The van der Waals surface area contributed by atoms with Crippen molar-refractivity contribution in [3.05, 3.63) is 58.2 Å². The topological polar surface area (TPSA) is 83.8 Å². The lowest BCUT2D eigenvalue weighted by Crippen LogP contribution is -2.65. The molecule has 41 heavy (non-hydrogen) atoms. The first kappa shape index (κ1) is 29.5. The normalized spacial score (nSPS) is 31.4. The smallest absolute Gasteiger partial charge is 0.456 e. The minimum absolute atomic E-state index is 0.0234. The zero-order valence-electron chi connectivity index (χ0n) is 22.5. The first-order valence-electron chi connectivity index (χ1n) is 13.7. The molecule has 0 amide bonds. The lowest BCUT2D eigenvalue weighted by Gasteiger charge is -2.56. The molecule has 220 valence electrons. The van der Waals surface area contributed by atoms with Crippen molar-refractivity contribution in [1.29, 1.82) is 0 Å². The van der Waals surface area contributed by atoms with E-state index in [0.29, 0.717) is 36.8 Å². The zero-order chi connectivity index (χ0) is 29.8. The highest BCUT2D eigenvalue weighted by Gasteiger charge is 2.79. The van der Waals surface area contributed by atoms with Crippen molar-refractivity contribution in [3.63, 3.8) is 0 Å². The molecule has 5 nitrogen and oxygen atoms in total. The van der Waals surface area contributed by atoms with Crippen LogP contribution in [0.4, 0.5) is 22.0 Å². The average Bonchev–Trinajstić information content (AvgIpc) is 3.19. The standard InChI is InChI=1S/C31H31F5O5/c1-28-16-24(19-6-4-18(5-7-19)3-2-14-41-17-26(38)39)27-22-11-9-21(37)15-20(22)8-10-23(27)25(28)12-13-29(28,40)30(32,33)31(34,35)36/h4-7,15,23-25,40H,8-14,16-17H2,1H3,(H,38,39)/t23-,24+,25-,28-,29-/m0/s1. The summed E-state index contributed by atoms with van der Waals surface area (Å²) < 4.78 is 76.1. The number of carbonyl (C=O) groups is 2. The Balaban J connectivity index is 1.56. The maximum atomic E-state index is 15.1. The van der Waals surface area contributed by atoms with E-state index < -0.39 is 53.9 Å². The summed E-state index contributed by atoms with van der Waals surface area (Å²) in [7, 11) is 0. The number of carbonyl (C=O) groups excluding carboxylic acids is 1. The van der Waals surface area contributed by atoms with Gasteiger partial charge in [-0.25, -0.2) is 4.79 Å². The van der Waals surface area contributed by atoms with Crippen LogP contribution in [0.25, 0.3) is 0 Å². The molecule has 5 atom stereocenters. The molecule has 0 aromatic heterocycles. The molecule has 1 aromatic rings. The highest BCUT2D eigenvalue weighted by Crippen LogP contribution is 2.70. The predicted molar refractivity (Wildman–Crippen MR) is 138 cm³/mol. The van der Waals surface area contributed by atoms with Gasteiger partial charge in [-0.05, 0) is 85.3 Å². The van der Waals surface area contributed by atoms with Gasteiger partial charge < -0.3 is 14.9 Å². The van der Waals surface area contributed by atoms with E-state index in [9.17, 15) is 27.9 Å².